The highest BCUT2D eigenvalue weighted by Gasteiger charge is 2.68. The summed E-state index contributed by atoms with van der Waals surface area (Å²) < 4.78 is 55.5. The molecule has 2 aliphatic rings. The standard InChI is InChI=1S/C28H49N3O8SSi2/c1-14-15-19-21(29)28(39-40(19,34)35)20(17-36-41(10,11)26(3,4)5)37-24(22(28)38-42(12,13)27(6,7)8)31-16-18(2)23(32)30(9)25(31)33/h14,16,20,22,24H,1,15,17,29H2,2-13H3/t20?,22-,24+,28?/m0/s1. The van der Waals surface area contributed by atoms with Gasteiger partial charge in [0.15, 0.2) is 28.5 Å². The van der Waals surface area contributed by atoms with Gasteiger partial charge >= 0.3 is 5.69 Å². The smallest absolute Gasteiger partial charge is 0.332 e. The van der Waals surface area contributed by atoms with Gasteiger partial charge in [0.05, 0.1) is 17.2 Å². The SMILES string of the molecule is C=CCC1=C(N)C2(OS1(=O)=O)C(CO[Si](C)(C)C(C)(C)C)O[C@@H](n1cc(C)c(=O)n(C)c1=O)[C@@H]2O[Si](C)(C)C(C)(C)C. The topological polar surface area (TPSA) is 141 Å². The monoisotopic (exact) mass is 643 g/mol. The molecule has 1 spiro atoms. The molecule has 1 saturated heterocycles. The lowest BCUT2D eigenvalue weighted by molar-refractivity contribution is -0.0566. The number of aromatic nitrogens is 2. The molecule has 11 nitrogen and oxygen atoms in total. The van der Waals surface area contributed by atoms with Crippen LogP contribution in [0.4, 0.5) is 0 Å². The van der Waals surface area contributed by atoms with Gasteiger partial charge in [-0.2, -0.15) is 8.42 Å². The molecule has 3 heterocycles. The van der Waals surface area contributed by atoms with Gasteiger partial charge in [0.2, 0.25) is 0 Å². The molecule has 0 amide bonds. The summed E-state index contributed by atoms with van der Waals surface area (Å²) in [6, 6.07) is 0. The van der Waals surface area contributed by atoms with Gasteiger partial charge in [-0.1, -0.05) is 47.6 Å². The van der Waals surface area contributed by atoms with Gasteiger partial charge in [-0.15, -0.1) is 6.58 Å². The molecule has 0 aliphatic carbocycles. The Balaban J connectivity index is 2.37. The number of hydrogen-bond acceptors (Lipinski definition) is 9. The summed E-state index contributed by atoms with van der Waals surface area (Å²) in [5, 5.41) is -0.461. The zero-order chi connectivity index (χ0) is 32.4. The van der Waals surface area contributed by atoms with E-state index in [0.717, 1.165) is 4.57 Å². The van der Waals surface area contributed by atoms with E-state index in [0.29, 0.717) is 5.56 Å². The number of aryl methyl sites for hydroxylation is 1. The third-order valence-electron chi connectivity index (χ3n) is 9.45. The average molecular weight is 644 g/mol. The summed E-state index contributed by atoms with van der Waals surface area (Å²) in [5.74, 6) is 0. The molecule has 3 rings (SSSR count). The van der Waals surface area contributed by atoms with Crippen molar-refractivity contribution < 1.29 is 26.2 Å². The van der Waals surface area contributed by atoms with Crippen molar-refractivity contribution in [2.24, 2.45) is 12.8 Å². The van der Waals surface area contributed by atoms with Gasteiger partial charge in [0, 0.05) is 25.2 Å². The maximum Gasteiger partial charge on any atom is 0.332 e. The number of ether oxygens (including phenoxy) is 1. The molecule has 0 saturated carbocycles. The zero-order valence-electron chi connectivity index (χ0n) is 27.2. The second-order valence-electron chi connectivity index (χ2n) is 14.4. The molecular formula is C28H49N3O8SSi2. The van der Waals surface area contributed by atoms with E-state index in [1.54, 1.807) is 6.92 Å². The summed E-state index contributed by atoms with van der Waals surface area (Å²) in [4.78, 5) is 26.0. The van der Waals surface area contributed by atoms with Crippen LogP contribution in [0, 0.1) is 6.92 Å². The molecule has 4 atom stereocenters. The largest absolute Gasteiger partial charge is 0.414 e. The number of allylic oxidation sites excluding steroid dienone is 2. The van der Waals surface area contributed by atoms with E-state index in [-0.39, 0.29) is 33.7 Å². The lowest BCUT2D eigenvalue weighted by Gasteiger charge is -2.43. The van der Waals surface area contributed by atoms with Crippen molar-refractivity contribution in [1.29, 1.82) is 0 Å². The van der Waals surface area contributed by atoms with Crippen molar-refractivity contribution in [3.05, 3.63) is 55.9 Å². The highest BCUT2D eigenvalue weighted by atomic mass is 32.2. The van der Waals surface area contributed by atoms with Gasteiger partial charge in [-0.05, 0) is 43.2 Å². The van der Waals surface area contributed by atoms with E-state index < -0.39 is 62.0 Å². The molecule has 0 bridgehead atoms. The summed E-state index contributed by atoms with van der Waals surface area (Å²) in [5.41, 5.74) is 4.10. The second-order valence-corrected chi connectivity index (χ2v) is 25.5. The molecule has 1 fully saturated rings. The van der Waals surface area contributed by atoms with Gasteiger partial charge in [0.25, 0.3) is 15.7 Å². The first kappa shape index (κ1) is 34.7. The third kappa shape index (κ3) is 5.71. The summed E-state index contributed by atoms with van der Waals surface area (Å²) >= 11 is 0. The van der Waals surface area contributed by atoms with Crippen LogP contribution in [0.1, 0.15) is 59.8 Å². The summed E-state index contributed by atoms with van der Waals surface area (Å²) in [7, 11) is -8.00. The Morgan fingerprint density at radius 2 is 1.64 bits per heavy atom. The second kappa shape index (κ2) is 11.0. The van der Waals surface area contributed by atoms with Crippen molar-refractivity contribution >= 4 is 26.8 Å². The van der Waals surface area contributed by atoms with Crippen LogP contribution >= 0.6 is 0 Å². The average Bonchev–Trinajstić information content (AvgIpc) is 3.23. The Hall–Kier alpha value is -1.82. The highest BCUT2D eigenvalue weighted by Crippen LogP contribution is 2.54. The normalized spacial score (nSPS) is 26.8. The van der Waals surface area contributed by atoms with Crippen molar-refractivity contribution in [2.45, 2.75) is 115 Å². The van der Waals surface area contributed by atoms with E-state index >= 15 is 0 Å². The Bertz CT molecular complexity index is 1500. The van der Waals surface area contributed by atoms with Crippen LogP contribution in [0.3, 0.4) is 0 Å². The predicted molar refractivity (Wildman–Crippen MR) is 169 cm³/mol. The lowest BCUT2D eigenvalue weighted by Crippen LogP contribution is -2.59. The zero-order valence-corrected chi connectivity index (χ0v) is 30.0. The maximum atomic E-state index is 13.5. The Morgan fingerprint density at radius 3 is 2.14 bits per heavy atom. The fourth-order valence-electron chi connectivity index (χ4n) is 4.68. The number of rotatable bonds is 8. The van der Waals surface area contributed by atoms with Crippen molar-refractivity contribution in [3.8, 4) is 0 Å². The van der Waals surface area contributed by atoms with Crippen LogP contribution in [0.5, 0.6) is 0 Å². The molecular weight excluding hydrogens is 595 g/mol. The van der Waals surface area contributed by atoms with Crippen LogP contribution in [-0.2, 0) is 34.9 Å². The van der Waals surface area contributed by atoms with Crippen LogP contribution in [-0.4, -0.2) is 58.6 Å². The van der Waals surface area contributed by atoms with Gasteiger partial charge in [-0.25, -0.2) is 8.98 Å². The van der Waals surface area contributed by atoms with E-state index in [9.17, 15) is 18.0 Å². The lowest BCUT2D eigenvalue weighted by atomic mass is 9.88. The Labute approximate surface area is 252 Å². The van der Waals surface area contributed by atoms with Crippen LogP contribution in [0.25, 0.3) is 0 Å². The molecule has 2 N–H and O–H groups in total. The fraction of sp³-hybridized carbons (Fsp3) is 0.714. The van der Waals surface area contributed by atoms with Crippen LogP contribution in [0.15, 0.2) is 39.0 Å². The molecule has 42 heavy (non-hydrogen) atoms. The van der Waals surface area contributed by atoms with Crippen LogP contribution < -0.4 is 17.0 Å². The number of nitrogens with two attached hydrogens (primary N) is 1. The van der Waals surface area contributed by atoms with E-state index in [1.807, 2.05) is 33.9 Å². The molecule has 2 unspecified atom stereocenters. The van der Waals surface area contributed by atoms with Crippen molar-refractivity contribution in [3.63, 3.8) is 0 Å². The minimum Gasteiger partial charge on any atom is -0.414 e. The molecule has 14 heteroatoms. The van der Waals surface area contributed by atoms with Gasteiger partial charge < -0.3 is 19.3 Å². The van der Waals surface area contributed by atoms with E-state index in [2.05, 4.69) is 40.4 Å². The highest BCUT2D eigenvalue weighted by molar-refractivity contribution is 7.91. The molecule has 2 aliphatic heterocycles. The van der Waals surface area contributed by atoms with Crippen LogP contribution in [0.2, 0.25) is 36.3 Å². The maximum absolute atomic E-state index is 13.5. The summed E-state index contributed by atoms with van der Waals surface area (Å²) in [6.07, 6.45) is -0.604. The summed E-state index contributed by atoms with van der Waals surface area (Å²) in [6.45, 7) is 25.8. The van der Waals surface area contributed by atoms with Crippen molar-refractivity contribution in [2.75, 3.05) is 6.61 Å². The molecule has 0 radical (unpaired) electrons. The van der Waals surface area contributed by atoms with Crippen molar-refractivity contribution in [1.82, 2.24) is 9.13 Å². The minimum absolute atomic E-state index is 0.0490. The predicted octanol–water partition coefficient (Wildman–Crippen LogP) is 4.01. The first-order valence-corrected chi connectivity index (χ1v) is 21.4. The van der Waals surface area contributed by atoms with Gasteiger partial charge in [-0.3, -0.25) is 13.9 Å². The quantitative estimate of drug-likeness (QED) is 0.253. The first-order valence-electron chi connectivity index (χ1n) is 14.2. The third-order valence-corrected chi connectivity index (χ3v) is 19.9. The Kier molecular flexibility index (Phi) is 9.05. The Morgan fingerprint density at radius 1 is 1.10 bits per heavy atom. The molecule has 0 aromatic carbocycles. The first-order chi connectivity index (χ1) is 18.9. The van der Waals surface area contributed by atoms with E-state index in [4.69, 9.17) is 23.5 Å². The molecule has 238 valence electrons. The number of nitrogens with zero attached hydrogens (tertiary/aromatic N) is 2. The van der Waals surface area contributed by atoms with Gasteiger partial charge in [0.1, 0.15) is 12.2 Å². The molecule has 1 aromatic heterocycles. The minimum atomic E-state index is -4.32. The van der Waals surface area contributed by atoms with E-state index in [1.165, 1.54) is 23.9 Å². The number of hydrogen-bond donors (Lipinski definition) is 1. The molecule has 1 aromatic rings. The fourth-order valence-corrected chi connectivity index (χ4v) is 8.46.